The minimum absolute atomic E-state index is 0.791. The summed E-state index contributed by atoms with van der Waals surface area (Å²) in [7, 11) is 0. The predicted molar refractivity (Wildman–Crippen MR) is 70.7 cm³/mol. The van der Waals surface area contributed by atoms with Crippen molar-refractivity contribution in [3.05, 3.63) is 39.4 Å². The Balaban J connectivity index is 2.12. The number of hydrogen-bond donors (Lipinski definition) is 0. The molecule has 16 heavy (non-hydrogen) atoms. The summed E-state index contributed by atoms with van der Waals surface area (Å²) >= 11 is 3.32. The van der Waals surface area contributed by atoms with Gasteiger partial charge in [-0.15, -0.1) is 22.7 Å². The van der Waals surface area contributed by atoms with E-state index >= 15 is 0 Å². The largest absolute Gasteiger partial charge is 0.359 e. The van der Waals surface area contributed by atoms with Crippen molar-refractivity contribution in [3.8, 4) is 0 Å². The summed E-state index contributed by atoms with van der Waals surface area (Å²) in [6, 6.07) is 8.11. The van der Waals surface area contributed by atoms with Crippen LogP contribution in [0.3, 0.4) is 0 Å². The molecule has 0 amide bonds. The molecular formula is C12H13NOS2. The highest BCUT2D eigenvalue weighted by molar-refractivity contribution is 7.17. The van der Waals surface area contributed by atoms with Gasteiger partial charge in [0.25, 0.3) is 0 Å². The number of anilines is 1. The summed E-state index contributed by atoms with van der Waals surface area (Å²) in [5.74, 6) is 0. The van der Waals surface area contributed by atoms with Gasteiger partial charge in [-0.2, -0.15) is 0 Å². The first-order chi connectivity index (χ1) is 7.83. The SMILES string of the molecule is CCN(Cc1cccs1)c1ccc(C=O)s1. The summed E-state index contributed by atoms with van der Waals surface area (Å²) in [5, 5.41) is 3.26. The van der Waals surface area contributed by atoms with Gasteiger partial charge in [-0.25, -0.2) is 0 Å². The molecule has 2 aromatic heterocycles. The van der Waals surface area contributed by atoms with Gasteiger partial charge in [-0.05, 0) is 30.5 Å². The molecule has 0 aromatic carbocycles. The Kier molecular flexibility index (Phi) is 3.74. The Labute approximate surface area is 103 Å². The van der Waals surface area contributed by atoms with Gasteiger partial charge in [-0.3, -0.25) is 4.79 Å². The Morgan fingerprint density at radius 3 is 2.81 bits per heavy atom. The van der Waals surface area contributed by atoms with Crippen LogP contribution < -0.4 is 4.90 Å². The van der Waals surface area contributed by atoms with Gasteiger partial charge in [0.15, 0.2) is 6.29 Å². The van der Waals surface area contributed by atoms with Crippen LogP contribution in [0.25, 0.3) is 0 Å². The third kappa shape index (κ3) is 2.51. The smallest absolute Gasteiger partial charge is 0.160 e. The van der Waals surface area contributed by atoms with E-state index in [1.807, 2.05) is 12.1 Å². The second-order valence-corrected chi connectivity index (χ2v) is 5.51. The van der Waals surface area contributed by atoms with Crippen molar-refractivity contribution >= 4 is 34.0 Å². The molecule has 2 heterocycles. The van der Waals surface area contributed by atoms with Crippen LogP contribution >= 0.6 is 22.7 Å². The Morgan fingerprint density at radius 2 is 2.25 bits per heavy atom. The van der Waals surface area contributed by atoms with Crippen LogP contribution in [0, 0.1) is 0 Å². The fourth-order valence-corrected chi connectivity index (χ4v) is 3.12. The molecule has 0 atom stereocenters. The summed E-state index contributed by atoms with van der Waals surface area (Å²) < 4.78 is 0. The maximum absolute atomic E-state index is 10.6. The lowest BCUT2D eigenvalue weighted by Gasteiger charge is -2.19. The van der Waals surface area contributed by atoms with Gasteiger partial charge in [0.05, 0.1) is 16.4 Å². The Bertz CT molecular complexity index is 447. The van der Waals surface area contributed by atoms with Gasteiger partial charge in [-0.1, -0.05) is 6.07 Å². The number of rotatable bonds is 5. The molecule has 0 radical (unpaired) electrons. The number of carbonyl (C=O) groups excluding carboxylic acids is 1. The third-order valence-electron chi connectivity index (χ3n) is 2.35. The van der Waals surface area contributed by atoms with Crippen molar-refractivity contribution < 1.29 is 4.79 Å². The highest BCUT2D eigenvalue weighted by atomic mass is 32.1. The fourth-order valence-electron chi connectivity index (χ4n) is 1.51. The van der Waals surface area contributed by atoms with Crippen LogP contribution in [0.1, 0.15) is 21.5 Å². The second kappa shape index (κ2) is 5.27. The topological polar surface area (TPSA) is 20.3 Å². The molecule has 2 aromatic rings. The molecule has 84 valence electrons. The van der Waals surface area contributed by atoms with Crippen LogP contribution in [-0.2, 0) is 6.54 Å². The van der Waals surface area contributed by atoms with Crippen molar-refractivity contribution in [3.63, 3.8) is 0 Å². The molecule has 0 unspecified atom stereocenters. The minimum atomic E-state index is 0.791. The van der Waals surface area contributed by atoms with Crippen LogP contribution in [0.5, 0.6) is 0 Å². The molecule has 0 bridgehead atoms. The molecule has 0 N–H and O–H groups in total. The predicted octanol–water partition coefficient (Wildman–Crippen LogP) is 3.65. The molecule has 0 saturated carbocycles. The summed E-state index contributed by atoms with van der Waals surface area (Å²) in [4.78, 5) is 15.1. The highest BCUT2D eigenvalue weighted by Crippen LogP contribution is 2.27. The van der Waals surface area contributed by atoms with Crippen molar-refractivity contribution in [2.24, 2.45) is 0 Å². The van der Waals surface area contributed by atoms with E-state index in [4.69, 9.17) is 0 Å². The lowest BCUT2D eigenvalue weighted by molar-refractivity contribution is 0.112. The number of thiophene rings is 2. The van der Waals surface area contributed by atoms with Crippen LogP contribution in [0.2, 0.25) is 0 Å². The molecule has 0 saturated heterocycles. The molecule has 2 rings (SSSR count). The Morgan fingerprint density at radius 1 is 1.38 bits per heavy atom. The van der Waals surface area contributed by atoms with Gasteiger partial charge in [0.2, 0.25) is 0 Å². The summed E-state index contributed by atoms with van der Waals surface area (Å²) in [5.41, 5.74) is 0. The molecule has 0 aliphatic carbocycles. The first kappa shape index (κ1) is 11.4. The zero-order chi connectivity index (χ0) is 11.4. The fraction of sp³-hybridized carbons (Fsp3) is 0.250. The van der Waals surface area contributed by atoms with Gasteiger partial charge in [0.1, 0.15) is 0 Å². The normalized spacial score (nSPS) is 10.3. The van der Waals surface area contributed by atoms with E-state index in [2.05, 4.69) is 29.3 Å². The molecule has 0 aliphatic heterocycles. The molecule has 4 heteroatoms. The standard InChI is InChI=1S/C12H13NOS2/c1-2-13(8-10-4-3-7-15-10)12-6-5-11(9-14)16-12/h3-7,9H,2,8H2,1H3. The Hall–Kier alpha value is -1.13. The highest BCUT2D eigenvalue weighted by Gasteiger charge is 2.08. The van der Waals surface area contributed by atoms with Gasteiger partial charge < -0.3 is 4.90 Å². The third-order valence-corrected chi connectivity index (χ3v) is 4.28. The molecule has 0 fully saturated rings. The molecule has 2 nitrogen and oxygen atoms in total. The zero-order valence-corrected chi connectivity index (χ0v) is 10.7. The lowest BCUT2D eigenvalue weighted by Crippen LogP contribution is -2.20. The van der Waals surface area contributed by atoms with E-state index in [1.54, 1.807) is 22.7 Å². The number of aldehydes is 1. The monoisotopic (exact) mass is 251 g/mol. The van der Waals surface area contributed by atoms with Crippen LogP contribution in [0.15, 0.2) is 29.6 Å². The quantitative estimate of drug-likeness (QED) is 0.756. The molecule has 0 aliphatic rings. The average molecular weight is 251 g/mol. The second-order valence-electron chi connectivity index (χ2n) is 3.39. The van der Waals surface area contributed by atoms with E-state index in [9.17, 15) is 4.79 Å². The van der Waals surface area contributed by atoms with E-state index in [1.165, 1.54) is 4.88 Å². The lowest BCUT2D eigenvalue weighted by atomic mass is 10.4. The number of nitrogens with zero attached hydrogens (tertiary/aromatic N) is 1. The molecule has 0 spiro atoms. The maximum atomic E-state index is 10.6. The number of carbonyl (C=O) groups is 1. The van der Waals surface area contributed by atoms with Crippen molar-refractivity contribution in [1.82, 2.24) is 0 Å². The van der Waals surface area contributed by atoms with E-state index < -0.39 is 0 Å². The first-order valence-electron chi connectivity index (χ1n) is 5.16. The number of hydrogen-bond acceptors (Lipinski definition) is 4. The maximum Gasteiger partial charge on any atom is 0.160 e. The summed E-state index contributed by atoms with van der Waals surface area (Å²) in [6.45, 7) is 4.01. The van der Waals surface area contributed by atoms with Crippen LogP contribution in [-0.4, -0.2) is 12.8 Å². The van der Waals surface area contributed by atoms with Gasteiger partial charge >= 0.3 is 0 Å². The zero-order valence-electron chi connectivity index (χ0n) is 9.05. The van der Waals surface area contributed by atoms with E-state index in [0.717, 1.165) is 29.3 Å². The first-order valence-corrected chi connectivity index (χ1v) is 6.85. The van der Waals surface area contributed by atoms with Crippen molar-refractivity contribution in [1.29, 1.82) is 0 Å². The van der Waals surface area contributed by atoms with Crippen molar-refractivity contribution in [2.45, 2.75) is 13.5 Å². The van der Waals surface area contributed by atoms with Crippen LogP contribution in [0.4, 0.5) is 5.00 Å². The average Bonchev–Trinajstić information content (AvgIpc) is 2.96. The van der Waals surface area contributed by atoms with Gasteiger partial charge in [0, 0.05) is 11.4 Å². The summed E-state index contributed by atoms with van der Waals surface area (Å²) in [6.07, 6.45) is 0.910. The van der Waals surface area contributed by atoms with E-state index in [-0.39, 0.29) is 0 Å². The van der Waals surface area contributed by atoms with Crippen molar-refractivity contribution in [2.75, 3.05) is 11.4 Å². The van der Waals surface area contributed by atoms with E-state index in [0.29, 0.717) is 0 Å². The molecular weight excluding hydrogens is 238 g/mol. The minimum Gasteiger partial charge on any atom is -0.359 e.